The van der Waals surface area contributed by atoms with E-state index >= 15 is 0 Å². The lowest BCUT2D eigenvalue weighted by atomic mass is 10.0. The highest BCUT2D eigenvalue weighted by atomic mass is 16.2. The molecule has 33 heavy (non-hydrogen) atoms. The third kappa shape index (κ3) is 5.18. The van der Waals surface area contributed by atoms with E-state index in [-0.39, 0.29) is 5.91 Å². The summed E-state index contributed by atoms with van der Waals surface area (Å²) in [6, 6.07) is 18.6. The molecule has 2 aromatic carbocycles. The molecule has 2 aliphatic heterocycles. The number of nitrogens with zero attached hydrogens (tertiary/aromatic N) is 3. The topological polar surface area (TPSA) is 60.0 Å². The van der Waals surface area contributed by atoms with Gasteiger partial charge in [0.15, 0.2) is 6.17 Å². The van der Waals surface area contributed by atoms with Gasteiger partial charge in [0.05, 0.1) is 11.4 Å². The minimum Gasteiger partial charge on any atom is -0.309 e. The average molecular weight is 446 g/mol. The fourth-order valence-electron chi connectivity index (χ4n) is 5.04. The Bertz CT molecular complexity index is 987. The van der Waals surface area contributed by atoms with Gasteiger partial charge in [-0.05, 0) is 51.1 Å². The van der Waals surface area contributed by atoms with E-state index in [0.717, 1.165) is 41.4 Å². The molecule has 1 amide bonds. The highest BCUT2D eigenvalue weighted by Crippen LogP contribution is 2.30. The highest BCUT2D eigenvalue weighted by Gasteiger charge is 2.32. The predicted octanol–water partition coefficient (Wildman–Crippen LogP) is 3.58. The lowest BCUT2D eigenvalue weighted by molar-refractivity contribution is -0.120. The van der Waals surface area contributed by atoms with Gasteiger partial charge in [0.25, 0.3) is 5.91 Å². The molecule has 174 valence electrons. The molecule has 1 saturated heterocycles. The third-order valence-corrected chi connectivity index (χ3v) is 6.96. The molecular weight excluding hydrogens is 410 g/mol. The van der Waals surface area contributed by atoms with E-state index in [9.17, 15) is 4.79 Å². The molecule has 0 bridgehead atoms. The first kappa shape index (κ1) is 22.3. The van der Waals surface area contributed by atoms with Crippen LogP contribution in [0.15, 0.2) is 59.6 Å². The molecule has 2 N–H and O–H groups in total. The molecule has 1 aliphatic carbocycles. The van der Waals surface area contributed by atoms with Crippen molar-refractivity contribution in [1.29, 1.82) is 0 Å². The fourth-order valence-corrected chi connectivity index (χ4v) is 5.04. The Labute approximate surface area is 197 Å². The van der Waals surface area contributed by atoms with Crippen LogP contribution in [0, 0.1) is 5.92 Å². The number of aliphatic imine (C=N–C) groups is 1. The van der Waals surface area contributed by atoms with E-state index in [1.54, 1.807) is 0 Å². The van der Waals surface area contributed by atoms with Gasteiger partial charge >= 0.3 is 0 Å². The van der Waals surface area contributed by atoms with Crippen LogP contribution in [0.1, 0.15) is 50.2 Å². The quantitative estimate of drug-likeness (QED) is 0.640. The summed E-state index contributed by atoms with van der Waals surface area (Å²) in [6.45, 7) is 6.05. The number of hydrogen-bond acceptors (Lipinski definition) is 5. The lowest BCUT2D eigenvalue weighted by Crippen LogP contribution is -2.55. The second-order valence-corrected chi connectivity index (χ2v) is 9.53. The standard InChI is InChI=1S/C27H35N5O/c1-2-32-24-14-7-6-13-23(24)25(21-10-4-3-5-11-21)28-26(27(32)33)30-29-22-12-8-9-17-31(19-22)18-20-15-16-20/h3-7,10-11,13-14,20,22,26,29-30H,2,8-9,12,15-19H2,1H3. The predicted molar refractivity (Wildman–Crippen MR) is 133 cm³/mol. The van der Waals surface area contributed by atoms with Crippen molar-refractivity contribution < 1.29 is 4.79 Å². The summed E-state index contributed by atoms with van der Waals surface area (Å²) in [7, 11) is 0. The van der Waals surface area contributed by atoms with Gasteiger partial charge < -0.3 is 9.80 Å². The number of likely N-dealkylation sites (N-methyl/N-ethyl adjacent to an activating group) is 1. The fraction of sp³-hybridized carbons (Fsp3) is 0.481. The zero-order valence-corrected chi connectivity index (χ0v) is 19.5. The zero-order valence-electron chi connectivity index (χ0n) is 19.5. The Kier molecular flexibility index (Phi) is 6.85. The third-order valence-electron chi connectivity index (χ3n) is 6.96. The van der Waals surface area contributed by atoms with E-state index in [4.69, 9.17) is 4.99 Å². The Morgan fingerprint density at radius 1 is 0.970 bits per heavy atom. The SMILES string of the molecule is CCN1C(=O)C(NNC2CCCCN(CC3CC3)C2)N=C(c2ccccc2)c2ccccc21. The summed E-state index contributed by atoms with van der Waals surface area (Å²) < 4.78 is 0. The van der Waals surface area contributed by atoms with Gasteiger partial charge in [-0.1, -0.05) is 55.0 Å². The molecule has 0 aromatic heterocycles. The van der Waals surface area contributed by atoms with Crippen LogP contribution in [0.3, 0.4) is 0 Å². The second-order valence-electron chi connectivity index (χ2n) is 9.53. The number of para-hydroxylation sites is 1. The Morgan fingerprint density at radius 2 is 1.76 bits per heavy atom. The number of benzodiazepines with no additional fused rings is 1. The van der Waals surface area contributed by atoms with E-state index in [0.29, 0.717) is 12.6 Å². The van der Waals surface area contributed by atoms with Crippen molar-refractivity contribution in [2.75, 3.05) is 31.1 Å². The first-order valence-corrected chi connectivity index (χ1v) is 12.5. The van der Waals surface area contributed by atoms with Gasteiger partial charge in [-0.3, -0.25) is 15.2 Å². The van der Waals surface area contributed by atoms with Crippen LogP contribution in [0.25, 0.3) is 0 Å². The number of nitrogens with one attached hydrogen (secondary N) is 2. The molecule has 2 atom stereocenters. The molecule has 0 radical (unpaired) electrons. The van der Waals surface area contributed by atoms with Crippen molar-refractivity contribution in [2.24, 2.45) is 10.9 Å². The number of amides is 1. The van der Waals surface area contributed by atoms with E-state index in [1.807, 2.05) is 48.2 Å². The Hall–Kier alpha value is -2.54. The summed E-state index contributed by atoms with van der Waals surface area (Å²) in [5.41, 5.74) is 10.6. The molecule has 0 spiro atoms. The summed E-state index contributed by atoms with van der Waals surface area (Å²) in [4.78, 5) is 23.0. The van der Waals surface area contributed by atoms with Gasteiger partial charge in [0, 0.05) is 36.8 Å². The first-order chi connectivity index (χ1) is 16.2. The van der Waals surface area contributed by atoms with Gasteiger partial charge in [0.1, 0.15) is 0 Å². The van der Waals surface area contributed by atoms with Crippen LogP contribution in [-0.2, 0) is 4.79 Å². The maximum atomic E-state index is 13.6. The molecule has 5 rings (SSSR count). The van der Waals surface area contributed by atoms with E-state index in [2.05, 4.69) is 34.0 Å². The van der Waals surface area contributed by atoms with Crippen LogP contribution >= 0.6 is 0 Å². The Morgan fingerprint density at radius 3 is 2.55 bits per heavy atom. The summed E-state index contributed by atoms with van der Waals surface area (Å²) in [6.07, 6.45) is 5.67. The number of rotatable bonds is 7. The normalized spacial score (nSPS) is 24.1. The van der Waals surface area contributed by atoms with Crippen LogP contribution in [0.4, 0.5) is 5.69 Å². The van der Waals surface area contributed by atoms with Crippen molar-refractivity contribution in [3.63, 3.8) is 0 Å². The van der Waals surface area contributed by atoms with Gasteiger partial charge in [-0.25, -0.2) is 5.43 Å². The van der Waals surface area contributed by atoms with Crippen LogP contribution in [0.5, 0.6) is 0 Å². The molecule has 2 heterocycles. The van der Waals surface area contributed by atoms with Crippen molar-refractivity contribution in [1.82, 2.24) is 15.8 Å². The van der Waals surface area contributed by atoms with Gasteiger partial charge in [-0.15, -0.1) is 0 Å². The maximum Gasteiger partial charge on any atom is 0.267 e. The number of benzene rings is 2. The first-order valence-electron chi connectivity index (χ1n) is 12.5. The minimum atomic E-state index is -0.673. The van der Waals surface area contributed by atoms with Crippen LogP contribution in [0.2, 0.25) is 0 Å². The number of carbonyl (C=O) groups is 1. The summed E-state index contributed by atoms with van der Waals surface area (Å²) in [5.74, 6) is 0.877. The molecule has 6 nitrogen and oxygen atoms in total. The number of anilines is 1. The highest BCUT2D eigenvalue weighted by molar-refractivity contribution is 6.20. The summed E-state index contributed by atoms with van der Waals surface area (Å²) in [5, 5.41) is 0. The van der Waals surface area contributed by atoms with E-state index < -0.39 is 6.17 Å². The van der Waals surface area contributed by atoms with Gasteiger partial charge in [0.2, 0.25) is 0 Å². The molecule has 2 fully saturated rings. The van der Waals surface area contributed by atoms with Crippen molar-refractivity contribution >= 4 is 17.3 Å². The second kappa shape index (κ2) is 10.2. The van der Waals surface area contributed by atoms with Crippen molar-refractivity contribution in [2.45, 2.75) is 51.2 Å². The number of fused-ring (bicyclic) bond motifs is 1. The maximum absolute atomic E-state index is 13.6. The largest absolute Gasteiger partial charge is 0.309 e. The number of hydrogen-bond donors (Lipinski definition) is 2. The number of likely N-dealkylation sites (tertiary alicyclic amines) is 1. The minimum absolute atomic E-state index is 0.0214. The lowest BCUT2D eigenvalue weighted by Gasteiger charge is -2.28. The van der Waals surface area contributed by atoms with Gasteiger partial charge in [-0.2, -0.15) is 0 Å². The number of hydrazine groups is 1. The zero-order chi connectivity index (χ0) is 22.6. The van der Waals surface area contributed by atoms with Crippen molar-refractivity contribution in [3.05, 3.63) is 65.7 Å². The molecule has 2 unspecified atom stereocenters. The molecule has 3 aliphatic rings. The van der Waals surface area contributed by atoms with E-state index in [1.165, 1.54) is 38.8 Å². The Balaban J connectivity index is 1.39. The van der Waals surface area contributed by atoms with Crippen molar-refractivity contribution in [3.8, 4) is 0 Å². The molecular formula is C27H35N5O. The average Bonchev–Trinajstić information content (AvgIpc) is 3.69. The summed E-state index contributed by atoms with van der Waals surface area (Å²) >= 11 is 0. The molecule has 6 heteroatoms. The molecule has 2 aromatic rings. The monoisotopic (exact) mass is 445 g/mol. The number of carbonyl (C=O) groups excluding carboxylic acids is 1. The van der Waals surface area contributed by atoms with Crippen LogP contribution < -0.4 is 15.8 Å². The smallest absolute Gasteiger partial charge is 0.267 e. The van der Waals surface area contributed by atoms with Crippen LogP contribution in [-0.4, -0.2) is 54.9 Å². The molecule has 1 saturated carbocycles.